The van der Waals surface area contributed by atoms with Gasteiger partial charge >= 0.3 is 6.09 Å². The summed E-state index contributed by atoms with van der Waals surface area (Å²) in [5, 5.41) is 23.1. The second-order valence-electron chi connectivity index (χ2n) is 7.70. The van der Waals surface area contributed by atoms with Crippen molar-refractivity contribution in [1.29, 1.82) is 0 Å². The van der Waals surface area contributed by atoms with Crippen LogP contribution in [0, 0.1) is 0 Å². The molecule has 0 aliphatic heterocycles. The van der Waals surface area contributed by atoms with Gasteiger partial charge in [0.1, 0.15) is 23.8 Å². The van der Waals surface area contributed by atoms with E-state index in [1.54, 1.807) is 24.3 Å². The molecule has 0 saturated heterocycles. The first-order valence-corrected chi connectivity index (χ1v) is 10.7. The minimum absolute atomic E-state index is 0.0456. The van der Waals surface area contributed by atoms with E-state index < -0.39 is 18.3 Å². The van der Waals surface area contributed by atoms with Gasteiger partial charge in [-0.1, -0.05) is 85.0 Å². The molecule has 1 amide bonds. The van der Waals surface area contributed by atoms with Gasteiger partial charge in [-0.15, -0.1) is 0 Å². The van der Waals surface area contributed by atoms with Crippen LogP contribution in [0.5, 0.6) is 0 Å². The Kier molecular flexibility index (Phi) is 6.50. The highest BCUT2D eigenvalue weighted by Gasteiger charge is 2.29. The van der Waals surface area contributed by atoms with Crippen LogP contribution in [-0.4, -0.2) is 40.6 Å². The molecule has 0 radical (unpaired) electrons. The van der Waals surface area contributed by atoms with Crippen LogP contribution in [0.2, 0.25) is 0 Å². The van der Waals surface area contributed by atoms with Gasteiger partial charge in [0.05, 0.1) is 0 Å². The number of rotatable bonds is 7. The number of aliphatic hydroxyl groups is 2. The Bertz CT molecular complexity index is 1090. The highest BCUT2D eigenvalue weighted by molar-refractivity contribution is 7.80. The molecule has 3 aromatic rings. The maximum Gasteiger partial charge on any atom is 0.407 e. The third-order valence-corrected chi connectivity index (χ3v) is 5.94. The second-order valence-corrected chi connectivity index (χ2v) is 8.14. The van der Waals surface area contributed by atoms with Crippen molar-refractivity contribution in [2.24, 2.45) is 5.73 Å². The van der Waals surface area contributed by atoms with E-state index in [0.29, 0.717) is 11.1 Å². The normalized spacial score (nSPS) is 14.2. The highest BCUT2D eigenvalue weighted by Crippen LogP contribution is 2.44. The van der Waals surface area contributed by atoms with Crippen LogP contribution >= 0.6 is 12.2 Å². The number of hydrogen-bond acceptors (Lipinski definition) is 5. The van der Waals surface area contributed by atoms with Crippen LogP contribution in [0.4, 0.5) is 4.79 Å². The number of carbonyl (C=O) groups is 1. The Hall–Kier alpha value is -3.26. The Balaban J connectivity index is 1.32. The van der Waals surface area contributed by atoms with Crippen LogP contribution in [-0.2, 0) is 4.74 Å². The van der Waals surface area contributed by atoms with Gasteiger partial charge in [0.2, 0.25) is 0 Å². The van der Waals surface area contributed by atoms with Gasteiger partial charge in [-0.2, -0.15) is 0 Å². The molecule has 3 aromatic carbocycles. The fourth-order valence-corrected chi connectivity index (χ4v) is 4.15. The van der Waals surface area contributed by atoms with Crippen molar-refractivity contribution in [3.8, 4) is 11.1 Å². The number of benzene rings is 3. The molecule has 1 aliphatic carbocycles. The summed E-state index contributed by atoms with van der Waals surface area (Å²) in [4.78, 5) is 12.5. The van der Waals surface area contributed by atoms with Crippen LogP contribution in [0.15, 0.2) is 72.8 Å². The number of hydrogen-bond donors (Lipinski definition) is 4. The van der Waals surface area contributed by atoms with Crippen molar-refractivity contribution in [2.75, 3.05) is 13.2 Å². The molecule has 6 nitrogen and oxygen atoms in total. The molecular weight excluding hydrogens is 424 g/mol. The number of fused-ring (bicyclic) bond motifs is 3. The van der Waals surface area contributed by atoms with Crippen LogP contribution < -0.4 is 11.1 Å². The number of amides is 1. The van der Waals surface area contributed by atoms with E-state index >= 15 is 0 Å². The van der Waals surface area contributed by atoms with E-state index in [0.717, 1.165) is 22.3 Å². The Morgan fingerprint density at radius 3 is 2.09 bits per heavy atom. The number of aliphatic hydroxyl groups excluding tert-OH is 2. The molecule has 0 aromatic heterocycles. The number of thiocarbonyl (C=S) groups is 1. The largest absolute Gasteiger partial charge is 0.449 e. The summed E-state index contributed by atoms with van der Waals surface area (Å²) in [7, 11) is 0. The first-order valence-electron chi connectivity index (χ1n) is 10.3. The summed E-state index contributed by atoms with van der Waals surface area (Å²) in [5.41, 5.74) is 11.3. The number of ether oxygens (including phenoxy) is 1. The Morgan fingerprint density at radius 1 is 0.969 bits per heavy atom. The predicted molar refractivity (Wildman–Crippen MR) is 126 cm³/mol. The summed E-state index contributed by atoms with van der Waals surface area (Å²) in [6.07, 6.45) is -3.03. The quantitative estimate of drug-likeness (QED) is 0.414. The fraction of sp³-hybridized carbons (Fsp3) is 0.200. The van der Waals surface area contributed by atoms with Crippen molar-refractivity contribution in [3.63, 3.8) is 0 Å². The molecule has 2 unspecified atom stereocenters. The zero-order valence-electron chi connectivity index (χ0n) is 17.3. The van der Waals surface area contributed by atoms with E-state index in [2.05, 4.69) is 17.4 Å². The number of nitrogens with one attached hydrogen (secondary N) is 1. The van der Waals surface area contributed by atoms with Crippen molar-refractivity contribution >= 4 is 23.3 Å². The van der Waals surface area contributed by atoms with Crippen molar-refractivity contribution < 1.29 is 19.7 Å². The van der Waals surface area contributed by atoms with Crippen LogP contribution in [0.25, 0.3) is 11.1 Å². The van der Waals surface area contributed by atoms with Crippen LogP contribution in [0.3, 0.4) is 0 Å². The van der Waals surface area contributed by atoms with E-state index in [1.807, 2.05) is 36.4 Å². The molecule has 0 fully saturated rings. The lowest BCUT2D eigenvalue weighted by Gasteiger charge is -2.19. The summed E-state index contributed by atoms with van der Waals surface area (Å²) in [6, 6.07) is 22.8. The molecule has 7 heteroatoms. The third-order valence-electron chi connectivity index (χ3n) is 5.70. The summed E-state index contributed by atoms with van der Waals surface area (Å²) in [5.74, 6) is -0.0456. The lowest BCUT2D eigenvalue weighted by Crippen LogP contribution is -2.36. The predicted octanol–water partition coefficient (Wildman–Crippen LogP) is 3.25. The van der Waals surface area contributed by atoms with Crippen molar-refractivity contribution in [2.45, 2.75) is 18.1 Å². The average molecular weight is 449 g/mol. The third kappa shape index (κ3) is 4.50. The molecule has 32 heavy (non-hydrogen) atoms. The number of carbonyl (C=O) groups excluding carboxylic acids is 1. The topological polar surface area (TPSA) is 105 Å². The maximum atomic E-state index is 12.3. The van der Waals surface area contributed by atoms with Crippen molar-refractivity contribution in [1.82, 2.24) is 5.32 Å². The van der Waals surface area contributed by atoms with Gasteiger partial charge in [-0.05, 0) is 27.8 Å². The molecular formula is C25H24N2O4S. The maximum absolute atomic E-state index is 12.3. The Morgan fingerprint density at radius 2 is 1.53 bits per heavy atom. The van der Waals surface area contributed by atoms with E-state index in [4.69, 9.17) is 22.7 Å². The van der Waals surface area contributed by atoms with Gasteiger partial charge in [0.15, 0.2) is 0 Å². The first-order chi connectivity index (χ1) is 15.5. The molecule has 4 rings (SSSR count). The van der Waals surface area contributed by atoms with E-state index in [-0.39, 0.29) is 24.1 Å². The van der Waals surface area contributed by atoms with Crippen molar-refractivity contribution in [3.05, 3.63) is 95.1 Å². The molecule has 2 atom stereocenters. The molecule has 1 aliphatic rings. The zero-order chi connectivity index (χ0) is 22.7. The number of alkyl carbamates (subject to hydrolysis) is 1. The molecule has 0 bridgehead atoms. The van der Waals surface area contributed by atoms with Crippen LogP contribution in [0.1, 0.15) is 34.3 Å². The standard InChI is InChI=1S/C25H24N2O4S/c26-24(32)16-11-9-15(10-12-16)23(29)22(28)13-27-25(30)31-14-21-19-7-3-1-5-17(19)18-6-2-4-8-20(18)21/h1-12,21-23,28-29H,13-14H2,(H2,26,32)(H,27,30). The fourth-order valence-electron chi connectivity index (χ4n) is 4.02. The SMILES string of the molecule is NC(=S)c1ccc(C(O)C(O)CNC(=O)OCC2c3ccccc3-c3ccccc32)cc1. The average Bonchev–Trinajstić information content (AvgIpc) is 3.14. The van der Waals surface area contributed by atoms with Gasteiger partial charge in [0, 0.05) is 18.0 Å². The molecule has 164 valence electrons. The lowest BCUT2D eigenvalue weighted by atomic mass is 9.98. The molecule has 0 heterocycles. The minimum atomic E-state index is -1.20. The summed E-state index contributed by atoms with van der Waals surface area (Å²) < 4.78 is 5.45. The van der Waals surface area contributed by atoms with Gasteiger partial charge in [-0.25, -0.2) is 4.79 Å². The number of nitrogens with two attached hydrogens (primary N) is 1. The zero-order valence-corrected chi connectivity index (χ0v) is 18.1. The van der Waals surface area contributed by atoms with Gasteiger partial charge < -0.3 is 26.0 Å². The summed E-state index contributed by atoms with van der Waals surface area (Å²) >= 11 is 4.91. The van der Waals surface area contributed by atoms with E-state index in [9.17, 15) is 15.0 Å². The molecule has 5 N–H and O–H groups in total. The smallest absolute Gasteiger partial charge is 0.407 e. The first kappa shape index (κ1) is 22.0. The van der Waals surface area contributed by atoms with Gasteiger partial charge in [-0.3, -0.25) is 0 Å². The Labute approximate surface area is 191 Å². The van der Waals surface area contributed by atoms with Gasteiger partial charge in [0.25, 0.3) is 0 Å². The van der Waals surface area contributed by atoms with E-state index in [1.165, 1.54) is 0 Å². The monoisotopic (exact) mass is 448 g/mol. The highest BCUT2D eigenvalue weighted by atomic mass is 32.1. The minimum Gasteiger partial charge on any atom is -0.449 e. The second kappa shape index (κ2) is 9.48. The molecule has 0 saturated carbocycles. The lowest BCUT2D eigenvalue weighted by molar-refractivity contribution is 0.0185. The summed E-state index contributed by atoms with van der Waals surface area (Å²) in [6.45, 7) is 0.0217. The molecule has 0 spiro atoms.